The topological polar surface area (TPSA) is 48.5 Å². The van der Waals surface area contributed by atoms with Gasteiger partial charge >= 0.3 is 0 Å². The van der Waals surface area contributed by atoms with Gasteiger partial charge < -0.3 is 10.2 Å². The van der Waals surface area contributed by atoms with Crippen LogP contribution in [0.3, 0.4) is 0 Å². The molecule has 7 heteroatoms. The summed E-state index contributed by atoms with van der Waals surface area (Å²) in [4.78, 5) is 21.5. The number of thiazole rings is 1. The molecule has 2 heterocycles. The molecule has 0 spiro atoms. The first-order valence-electron chi connectivity index (χ1n) is 8.47. The van der Waals surface area contributed by atoms with Gasteiger partial charge in [-0.1, -0.05) is 15.9 Å². The van der Waals surface area contributed by atoms with Crippen LogP contribution < -0.4 is 10.2 Å². The summed E-state index contributed by atoms with van der Waals surface area (Å²) >= 11 is 5.18. The fourth-order valence-corrected chi connectivity index (χ4v) is 4.04. The molecule has 1 aliphatic rings. The largest absolute Gasteiger partial charge is 0.347 e. The predicted molar refractivity (Wildman–Crippen MR) is 108 cm³/mol. The van der Waals surface area contributed by atoms with E-state index in [-0.39, 0.29) is 5.91 Å². The molecular formula is C18H23BrN4OS. The summed E-state index contributed by atoms with van der Waals surface area (Å²) in [6.07, 6.45) is 1.04. The van der Waals surface area contributed by atoms with Crippen LogP contribution in [0.25, 0.3) is 0 Å². The summed E-state index contributed by atoms with van der Waals surface area (Å²) in [7, 11) is 0. The lowest BCUT2D eigenvalue weighted by atomic mass is 10.2. The van der Waals surface area contributed by atoms with E-state index in [4.69, 9.17) is 0 Å². The molecule has 1 fully saturated rings. The van der Waals surface area contributed by atoms with Gasteiger partial charge in [-0.15, -0.1) is 11.3 Å². The first kappa shape index (κ1) is 18.4. The molecule has 0 aliphatic carbocycles. The van der Waals surface area contributed by atoms with Gasteiger partial charge in [0.05, 0.1) is 12.2 Å². The molecule has 1 aromatic heterocycles. The van der Waals surface area contributed by atoms with Crippen LogP contribution in [-0.2, 0) is 4.79 Å². The molecule has 134 valence electrons. The Balaban J connectivity index is 1.52. The molecule has 2 aromatic rings. The SMILES string of the molecule is Cc1csc(N2CCCN(CC(=O)Nc3ccc(Br)c(C)c3)CC2)n1. The van der Waals surface area contributed by atoms with Crippen molar-refractivity contribution in [2.24, 2.45) is 0 Å². The van der Waals surface area contributed by atoms with Crippen molar-refractivity contribution in [2.45, 2.75) is 20.3 Å². The maximum absolute atomic E-state index is 12.4. The third-order valence-electron chi connectivity index (χ3n) is 4.27. The van der Waals surface area contributed by atoms with Gasteiger partial charge in [0, 0.05) is 41.7 Å². The van der Waals surface area contributed by atoms with Crippen molar-refractivity contribution < 1.29 is 4.79 Å². The van der Waals surface area contributed by atoms with E-state index in [1.165, 1.54) is 0 Å². The Kier molecular flexibility index (Phi) is 6.09. The number of nitrogens with zero attached hydrogens (tertiary/aromatic N) is 3. The van der Waals surface area contributed by atoms with E-state index in [2.05, 4.69) is 41.4 Å². The zero-order chi connectivity index (χ0) is 17.8. The Labute approximate surface area is 161 Å². The number of nitrogens with one attached hydrogen (secondary N) is 1. The molecule has 1 N–H and O–H groups in total. The third-order valence-corrected chi connectivity index (χ3v) is 6.18. The number of rotatable bonds is 4. The molecule has 0 unspecified atom stereocenters. The number of hydrogen-bond acceptors (Lipinski definition) is 5. The smallest absolute Gasteiger partial charge is 0.238 e. The minimum atomic E-state index is 0.0419. The minimum absolute atomic E-state index is 0.0419. The average molecular weight is 423 g/mol. The van der Waals surface area contributed by atoms with E-state index < -0.39 is 0 Å². The molecule has 1 aromatic carbocycles. The molecule has 0 saturated carbocycles. The van der Waals surface area contributed by atoms with Gasteiger partial charge in [0.15, 0.2) is 5.13 Å². The first-order chi connectivity index (χ1) is 12.0. The number of aryl methyl sites for hydroxylation is 2. The van der Waals surface area contributed by atoms with Crippen molar-refractivity contribution in [3.8, 4) is 0 Å². The first-order valence-corrected chi connectivity index (χ1v) is 10.1. The van der Waals surface area contributed by atoms with Crippen molar-refractivity contribution >= 4 is 44.0 Å². The maximum Gasteiger partial charge on any atom is 0.238 e. The maximum atomic E-state index is 12.4. The monoisotopic (exact) mass is 422 g/mol. The highest BCUT2D eigenvalue weighted by Crippen LogP contribution is 2.22. The number of halogens is 1. The van der Waals surface area contributed by atoms with Crippen LogP contribution in [0.15, 0.2) is 28.1 Å². The van der Waals surface area contributed by atoms with Crippen LogP contribution in [0.1, 0.15) is 17.7 Å². The van der Waals surface area contributed by atoms with Gasteiger partial charge in [-0.25, -0.2) is 4.98 Å². The standard InChI is InChI=1S/C18H23BrN4OS/c1-13-10-15(4-5-16(13)19)21-17(24)11-22-6-3-7-23(9-8-22)18-20-14(2)12-25-18/h4-5,10,12H,3,6-9,11H2,1-2H3,(H,21,24). The zero-order valence-electron chi connectivity index (χ0n) is 14.6. The lowest BCUT2D eigenvalue weighted by molar-refractivity contribution is -0.117. The zero-order valence-corrected chi connectivity index (χ0v) is 17.0. The average Bonchev–Trinajstić information content (AvgIpc) is 2.86. The highest BCUT2D eigenvalue weighted by Gasteiger charge is 2.19. The molecule has 25 heavy (non-hydrogen) atoms. The fraction of sp³-hybridized carbons (Fsp3) is 0.444. The van der Waals surface area contributed by atoms with Crippen LogP contribution in [0.4, 0.5) is 10.8 Å². The Hall–Kier alpha value is -1.44. The number of anilines is 2. The Morgan fingerprint density at radius 3 is 2.84 bits per heavy atom. The van der Waals surface area contributed by atoms with Gasteiger partial charge in [-0.3, -0.25) is 9.69 Å². The van der Waals surface area contributed by atoms with E-state index in [1.807, 2.05) is 32.0 Å². The Bertz CT molecular complexity index is 748. The fourth-order valence-electron chi connectivity index (χ4n) is 2.93. The van der Waals surface area contributed by atoms with E-state index in [1.54, 1.807) is 11.3 Å². The predicted octanol–water partition coefficient (Wildman–Crippen LogP) is 3.67. The van der Waals surface area contributed by atoms with Crippen molar-refractivity contribution in [1.29, 1.82) is 0 Å². The number of amides is 1. The molecule has 1 saturated heterocycles. The second-order valence-corrected chi connectivity index (χ2v) is 8.09. The van der Waals surface area contributed by atoms with Crippen molar-refractivity contribution in [1.82, 2.24) is 9.88 Å². The van der Waals surface area contributed by atoms with Gasteiger partial charge in [-0.2, -0.15) is 0 Å². The molecule has 1 amide bonds. The molecular weight excluding hydrogens is 400 g/mol. The van der Waals surface area contributed by atoms with E-state index in [0.29, 0.717) is 6.54 Å². The number of aromatic nitrogens is 1. The van der Waals surface area contributed by atoms with Crippen molar-refractivity contribution in [2.75, 3.05) is 42.9 Å². The molecule has 1 aliphatic heterocycles. The Morgan fingerprint density at radius 1 is 1.28 bits per heavy atom. The van der Waals surface area contributed by atoms with Crippen molar-refractivity contribution in [3.05, 3.63) is 39.3 Å². The third kappa shape index (κ3) is 5.03. The highest BCUT2D eigenvalue weighted by atomic mass is 79.9. The van der Waals surface area contributed by atoms with Crippen LogP contribution in [0, 0.1) is 13.8 Å². The number of benzene rings is 1. The van der Waals surface area contributed by atoms with Crippen LogP contribution in [-0.4, -0.2) is 48.5 Å². The quantitative estimate of drug-likeness (QED) is 0.816. The lowest BCUT2D eigenvalue weighted by Crippen LogP contribution is -2.36. The normalized spacial score (nSPS) is 15.9. The van der Waals surface area contributed by atoms with E-state index in [0.717, 1.165) is 59.1 Å². The summed E-state index contributed by atoms with van der Waals surface area (Å²) in [6, 6.07) is 5.87. The summed E-state index contributed by atoms with van der Waals surface area (Å²) in [5.41, 5.74) is 3.03. The molecule has 0 bridgehead atoms. The van der Waals surface area contributed by atoms with Crippen molar-refractivity contribution in [3.63, 3.8) is 0 Å². The number of carbonyl (C=O) groups excluding carboxylic acids is 1. The Morgan fingerprint density at radius 2 is 2.12 bits per heavy atom. The minimum Gasteiger partial charge on any atom is -0.347 e. The highest BCUT2D eigenvalue weighted by molar-refractivity contribution is 9.10. The second-order valence-electron chi connectivity index (χ2n) is 6.40. The van der Waals surface area contributed by atoms with E-state index >= 15 is 0 Å². The lowest BCUT2D eigenvalue weighted by Gasteiger charge is -2.21. The van der Waals surface area contributed by atoms with E-state index in [9.17, 15) is 4.79 Å². The van der Waals surface area contributed by atoms with Crippen LogP contribution >= 0.6 is 27.3 Å². The van der Waals surface area contributed by atoms with Gasteiger partial charge in [-0.05, 0) is 44.0 Å². The summed E-state index contributed by atoms with van der Waals surface area (Å²) in [6.45, 7) is 8.20. The molecule has 0 atom stereocenters. The van der Waals surface area contributed by atoms with Crippen LogP contribution in [0.5, 0.6) is 0 Å². The van der Waals surface area contributed by atoms with Gasteiger partial charge in [0.25, 0.3) is 0 Å². The second kappa shape index (κ2) is 8.29. The summed E-state index contributed by atoms with van der Waals surface area (Å²) < 4.78 is 1.05. The van der Waals surface area contributed by atoms with Crippen LogP contribution in [0.2, 0.25) is 0 Å². The summed E-state index contributed by atoms with van der Waals surface area (Å²) in [5, 5.41) is 6.18. The van der Waals surface area contributed by atoms with Gasteiger partial charge in [0.1, 0.15) is 0 Å². The number of hydrogen-bond donors (Lipinski definition) is 1. The molecule has 5 nitrogen and oxygen atoms in total. The summed E-state index contributed by atoms with van der Waals surface area (Å²) in [5.74, 6) is 0.0419. The molecule has 3 rings (SSSR count). The number of carbonyl (C=O) groups is 1. The van der Waals surface area contributed by atoms with Gasteiger partial charge in [0.2, 0.25) is 5.91 Å². The molecule has 0 radical (unpaired) electrons.